The van der Waals surface area contributed by atoms with E-state index in [-0.39, 0.29) is 12.1 Å². The first-order valence-electron chi connectivity index (χ1n) is 9.14. The molecule has 7 heteroatoms. The zero-order valence-electron chi connectivity index (χ0n) is 17.0. The standard InChI is InChI=1S/C19H19F3N4.C2H6/c1-11-8-15-17(10-23-11)26(4)13(3)25-18(15)24-9-14-6-5-7-16(12(14)2)19(20,21)22;1-2/h5-8,10H,9H2,1-4H3;1-2H3. The fourth-order valence-electron chi connectivity index (χ4n) is 2.90. The molecule has 0 aliphatic rings. The van der Waals surface area contributed by atoms with Crippen molar-refractivity contribution >= 4 is 10.9 Å². The van der Waals surface area contributed by atoms with Crippen LogP contribution in [0.2, 0.25) is 0 Å². The lowest BCUT2D eigenvalue weighted by molar-refractivity contribution is -0.138. The van der Waals surface area contributed by atoms with Crippen LogP contribution in [0.5, 0.6) is 0 Å². The van der Waals surface area contributed by atoms with E-state index in [1.807, 2.05) is 45.4 Å². The quantitative estimate of drug-likeness (QED) is 0.615. The first-order chi connectivity index (χ1) is 13.2. The summed E-state index contributed by atoms with van der Waals surface area (Å²) in [6.07, 6.45) is -2.61. The number of aryl methyl sites for hydroxylation is 3. The summed E-state index contributed by atoms with van der Waals surface area (Å²) in [6.45, 7) is 9.34. The first-order valence-corrected chi connectivity index (χ1v) is 9.14. The number of rotatable bonds is 2. The summed E-state index contributed by atoms with van der Waals surface area (Å²) < 4.78 is 41.2. The number of pyridine rings is 1. The van der Waals surface area contributed by atoms with Gasteiger partial charge < -0.3 is 4.57 Å². The Kier molecular flexibility index (Phi) is 6.59. The Morgan fingerprint density at radius 3 is 2.43 bits per heavy atom. The molecule has 0 bridgehead atoms. The molecule has 1 aromatic carbocycles. The van der Waals surface area contributed by atoms with Gasteiger partial charge in [-0.2, -0.15) is 13.2 Å². The Bertz CT molecular complexity index is 1050. The van der Waals surface area contributed by atoms with Gasteiger partial charge in [0.05, 0.1) is 23.8 Å². The molecule has 0 spiro atoms. The van der Waals surface area contributed by atoms with Crippen LogP contribution in [0, 0.1) is 20.8 Å². The van der Waals surface area contributed by atoms with Crippen LogP contribution in [0.1, 0.15) is 42.1 Å². The lowest BCUT2D eigenvalue weighted by Crippen LogP contribution is -2.17. The first kappa shape index (κ1) is 21.6. The Morgan fingerprint density at radius 1 is 1.11 bits per heavy atom. The fraction of sp³-hybridized carbons (Fsp3) is 0.381. The van der Waals surface area contributed by atoms with Gasteiger partial charge in [0.2, 0.25) is 0 Å². The molecule has 0 amide bonds. The maximum Gasteiger partial charge on any atom is 0.416 e. The number of halogens is 3. The summed E-state index contributed by atoms with van der Waals surface area (Å²) in [5.74, 6) is 0.752. The highest BCUT2D eigenvalue weighted by Gasteiger charge is 2.32. The maximum atomic E-state index is 13.1. The van der Waals surface area contributed by atoms with Crippen molar-refractivity contribution < 1.29 is 13.2 Å². The Balaban J connectivity index is 0.00000136. The number of hydrogen-bond donors (Lipinski definition) is 0. The molecule has 0 saturated carbocycles. The highest BCUT2D eigenvalue weighted by atomic mass is 19.4. The van der Waals surface area contributed by atoms with Crippen LogP contribution in [-0.2, 0) is 19.8 Å². The van der Waals surface area contributed by atoms with Crippen molar-refractivity contribution in [2.24, 2.45) is 12.0 Å². The highest BCUT2D eigenvalue weighted by molar-refractivity contribution is 5.77. The van der Waals surface area contributed by atoms with Gasteiger partial charge in [-0.15, -0.1) is 0 Å². The normalized spacial score (nSPS) is 12.1. The zero-order chi connectivity index (χ0) is 21.1. The van der Waals surface area contributed by atoms with Gasteiger partial charge in [-0.1, -0.05) is 26.0 Å². The summed E-state index contributed by atoms with van der Waals surface area (Å²) in [5, 5.41) is 0.829. The third-order valence-corrected chi connectivity index (χ3v) is 4.53. The SMILES string of the molecule is CC.Cc1cc2c(=NCc3cccc(C(F)(F)F)c3C)nc(C)n(C)c2cn1. The smallest absolute Gasteiger partial charge is 0.331 e. The Morgan fingerprint density at radius 2 is 1.79 bits per heavy atom. The second-order valence-electron chi connectivity index (χ2n) is 6.29. The molecule has 0 fully saturated rings. The Hall–Kier alpha value is -2.70. The molecule has 4 nitrogen and oxygen atoms in total. The van der Waals surface area contributed by atoms with E-state index in [0.29, 0.717) is 11.1 Å². The van der Waals surface area contributed by atoms with Gasteiger partial charge in [0, 0.05) is 18.1 Å². The predicted molar refractivity (Wildman–Crippen MR) is 105 cm³/mol. The van der Waals surface area contributed by atoms with Crippen molar-refractivity contribution in [3.63, 3.8) is 0 Å². The summed E-state index contributed by atoms with van der Waals surface area (Å²) >= 11 is 0. The zero-order valence-corrected chi connectivity index (χ0v) is 17.0. The third kappa shape index (κ3) is 4.40. The van der Waals surface area contributed by atoms with E-state index in [9.17, 15) is 13.2 Å². The Labute approximate surface area is 162 Å². The van der Waals surface area contributed by atoms with Gasteiger partial charge >= 0.3 is 6.18 Å². The molecular weight excluding hydrogens is 365 g/mol. The largest absolute Gasteiger partial charge is 0.416 e. The molecule has 0 atom stereocenters. The van der Waals surface area contributed by atoms with Crippen LogP contribution in [0.15, 0.2) is 35.5 Å². The molecule has 0 unspecified atom stereocenters. The van der Waals surface area contributed by atoms with Crippen LogP contribution < -0.4 is 5.49 Å². The van der Waals surface area contributed by atoms with Crippen LogP contribution >= 0.6 is 0 Å². The topological polar surface area (TPSA) is 43.1 Å². The van der Waals surface area contributed by atoms with Gasteiger partial charge in [-0.25, -0.2) is 4.98 Å². The minimum absolute atomic E-state index is 0.131. The van der Waals surface area contributed by atoms with E-state index in [2.05, 4.69) is 15.0 Å². The number of nitrogens with zero attached hydrogens (tertiary/aromatic N) is 4. The average molecular weight is 390 g/mol. The maximum absolute atomic E-state index is 13.1. The molecule has 2 aromatic heterocycles. The van der Waals surface area contributed by atoms with E-state index >= 15 is 0 Å². The lowest BCUT2D eigenvalue weighted by Gasteiger charge is -2.13. The van der Waals surface area contributed by atoms with Crippen molar-refractivity contribution in [1.82, 2.24) is 14.5 Å². The van der Waals surface area contributed by atoms with E-state index in [0.717, 1.165) is 28.5 Å². The van der Waals surface area contributed by atoms with Crippen LogP contribution in [0.4, 0.5) is 13.2 Å². The summed E-state index contributed by atoms with van der Waals surface area (Å²) in [4.78, 5) is 13.3. The van der Waals surface area contributed by atoms with Gasteiger partial charge in [0.15, 0.2) is 5.49 Å². The fourth-order valence-corrected chi connectivity index (χ4v) is 2.90. The van der Waals surface area contributed by atoms with Gasteiger partial charge in [-0.05, 0) is 44.0 Å². The molecule has 2 heterocycles. The minimum Gasteiger partial charge on any atom is -0.331 e. The number of fused-ring (bicyclic) bond motifs is 1. The van der Waals surface area contributed by atoms with Crippen molar-refractivity contribution in [3.8, 4) is 0 Å². The lowest BCUT2D eigenvalue weighted by atomic mass is 10.0. The number of alkyl halides is 3. The predicted octanol–water partition coefficient (Wildman–Crippen LogP) is 5.04. The molecule has 0 saturated heterocycles. The molecule has 0 N–H and O–H groups in total. The summed E-state index contributed by atoms with van der Waals surface area (Å²) in [6, 6.07) is 6.06. The molecule has 3 rings (SSSR count). The van der Waals surface area contributed by atoms with Crippen molar-refractivity contribution in [3.05, 3.63) is 64.2 Å². The summed E-state index contributed by atoms with van der Waals surface area (Å²) in [5.41, 5.74) is 2.32. The van der Waals surface area contributed by atoms with E-state index < -0.39 is 11.7 Å². The molecule has 150 valence electrons. The van der Waals surface area contributed by atoms with Gasteiger partial charge in [-0.3, -0.25) is 9.98 Å². The monoisotopic (exact) mass is 390 g/mol. The number of hydrogen-bond acceptors (Lipinski definition) is 3. The van der Waals surface area contributed by atoms with Crippen molar-refractivity contribution in [2.75, 3.05) is 0 Å². The highest BCUT2D eigenvalue weighted by Crippen LogP contribution is 2.33. The van der Waals surface area contributed by atoms with Crippen LogP contribution in [0.25, 0.3) is 10.9 Å². The van der Waals surface area contributed by atoms with Crippen molar-refractivity contribution in [1.29, 1.82) is 0 Å². The minimum atomic E-state index is -4.37. The molecule has 0 radical (unpaired) electrons. The number of aromatic nitrogens is 3. The molecule has 0 aliphatic carbocycles. The van der Waals surface area contributed by atoms with Gasteiger partial charge in [0.25, 0.3) is 0 Å². The van der Waals surface area contributed by atoms with Crippen LogP contribution in [0.3, 0.4) is 0 Å². The van der Waals surface area contributed by atoms with E-state index in [1.54, 1.807) is 12.3 Å². The van der Waals surface area contributed by atoms with Crippen LogP contribution in [-0.4, -0.2) is 14.5 Å². The van der Waals surface area contributed by atoms with Crippen molar-refractivity contribution in [2.45, 2.75) is 47.3 Å². The molecule has 28 heavy (non-hydrogen) atoms. The van der Waals surface area contributed by atoms with E-state index in [1.165, 1.54) is 13.0 Å². The second-order valence-corrected chi connectivity index (χ2v) is 6.29. The second kappa shape index (κ2) is 8.54. The number of benzene rings is 1. The molecule has 3 aromatic rings. The average Bonchev–Trinajstić information content (AvgIpc) is 2.65. The molecular formula is C21H25F3N4. The summed E-state index contributed by atoms with van der Waals surface area (Å²) in [7, 11) is 1.89. The third-order valence-electron chi connectivity index (χ3n) is 4.53. The van der Waals surface area contributed by atoms with Gasteiger partial charge in [0.1, 0.15) is 5.82 Å². The van der Waals surface area contributed by atoms with E-state index in [4.69, 9.17) is 0 Å². The molecule has 0 aliphatic heterocycles.